The van der Waals surface area contributed by atoms with Gasteiger partial charge in [0.2, 0.25) is 0 Å². The van der Waals surface area contributed by atoms with Crippen molar-refractivity contribution in [1.82, 2.24) is 5.32 Å². The molecular formula is C12H14BCl2NO7PS. The second-order valence-corrected chi connectivity index (χ2v) is 9.57. The zero-order valence-electron chi connectivity index (χ0n) is 12.8. The van der Waals surface area contributed by atoms with Gasteiger partial charge in [-0.05, 0) is 17.7 Å². The van der Waals surface area contributed by atoms with Crippen LogP contribution in [0.4, 0.5) is 0 Å². The molecule has 2 rings (SSSR count). The highest BCUT2D eigenvalue weighted by atomic mass is 35.5. The van der Waals surface area contributed by atoms with Crippen LogP contribution in [0.1, 0.15) is 11.7 Å². The van der Waals surface area contributed by atoms with E-state index in [-0.39, 0.29) is 19.9 Å². The lowest BCUT2D eigenvalue weighted by molar-refractivity contribution is -0.122. The van der Waals surface area contributed by atoms with Crippen molar-refractivity contribution >= 4 is 55.2 Å². The van der Waals surface area contributed by atoms with E-state index >= 15 is 0 Å². The van der Waals surface area contributed by atoms with E-state index in [9.17, 15) is 22.7 Å². The molecule has 2 N–H and O–H groups in total. The summed E-state index contributed by atoms with van der Waals surface area (Å²) in [4.78, 5) is 19.9. The first-order valence-corrected chi connectivity index (χ1v) is 10.8. The molecule has 1 fully saturated rings. The van der Waals surface area contributed by atoms with E-state index in [1.165, 1.54) is 24.3 Å². The van der Waals surface area contributed by atoms with Gasteiger partial charge in [0.25, 0.3) is 5.91 Å². The molecule has 1 aromatic carbocycles. The van der Waals surface area contributed by atoms with Gasteiger partial charge in [0.15, 0.2) is 14.7 Å². The van der Waals surface area contributed by atoms with Gasteiger partial charge >= 0.3 is 7.82 Å². The van der Waals surface area contributed by atoms with Crippen molar-refractivity contribution in [2.24, 2.45) is 0 Å². The summed E-state index contributed by atoms with van der Waals surface area (Å²) in [7, 11) is -7.68. The fourth-order valence-corrected chi connectivity index (χ4v) is 3.79. The third-order valence-electron chi connectivity index (χ3n) is 3.19. The normalized spacial score (nSPS) is 26.8. The standard InChI is InChI=1S/C12H14Cl2NO7PS.B/c1-24(19,20)8-4-2-7(3-5-8)10-9(15-12(16)11(13)14)6-21-23(17,18)22-10;/h2-5,9-11H,6H2,1H3,(H,15,16)(H,17,18);/t9-,10-;/m1./s1. The van der Waals surface area contributed by atoms with Gasteiger partial charge in [0.05, 0.1) is 17.5 Å². The van der Waals surface area contributed by atoms with Crippen LogP contribution in [0.25, 0.3) is 0 Å². The lowest BCUT2D eigenvalue weighted by Gasteiger charge is -2.34. The van der Waals surface area contributed by atoms with Crippen molar-refractivity contribution in [3.63, 3.8) is 0 Å². The van der Waals surface area contributed by atoms with Crippen molar-refractivity contribution in [3.8, 4) is 0 Å². The predicted octanol–water partition coefficient (Wildman–Crippen LogP) is 1.19. The predicted molar refractivity (Wildman–Crippen MR) is 92.3 cm³/mol. The van der Waals surface area contributed by atoms with E-state index in [2.05, 4.69) is 9.84 Å². The molecule has 1 aliphatic heterocycles. The fourth-order valence-electron chi connectivity index (χ4n) is 2.07. The molecule has 1 aromatic rings. The molecular weight excluding hydrogens is 415 g/mol. The number of hydrogen-bond acceptors (Lipinski definition) is 6. The Labute approximate surface area is 156 Å². The number of halogens is 2. The van der Waals surface area contributed by atoms with Crippen molar-refractivity contribution in [3.05, 3.63) is 29.8 Å². The summed E-state index contributed by atoms with van der Waals surface area (Å²) >= 11 is 10.9. The second kappa shape index (κ2) is 8.39. The summed E-state index contributed by atoms with van der Waals surface area (Å²) in [5.74, 6) is -0.719. The zero-order chi connectivity index (χ0) is 18.1. The number of benzene rings is 1. The number of alkyl halides is 2. The maximum atomic E-state index is 11.7. The Morgan fingerprint density at radius 2 is 1.92 bits per heavy atom. The van der Waals surface area contributed by atoms with E-state index < -0.39 is 40.5 Å². The Morgan fingerprint density at radius 3 is 2.40 bits per heavy atom. The first kappa shape index (κ1) is 22.4. The summed E-state index contributed by atoms with van der Waals surface area (Å²) in [6.45, 7) is -0.307. The number of carbonyl (C=O) groups excluding carboxylic acids is 1. The largest absolute Gasteiger partial charge is 0.472 e. The third-order valence-corrected chi connectivity index (χ3v) is 5.69. The van der Waals surface area contributed by atoms with E-state index in [4.69, 9.17) is 27.7 Å². The second-order valence-electron chi connectivity index (χ2n) is 5.05. The maximum Gasteiger partial charge on any atom is 0.472 e. The Balaban J connectivity index is 0.00000312. The number of phosphoric ester groups is 1. The minimum absolute atomic E-state index is 0. The average Bonchev–Trinajstić information content (AvgIpc) is 2.48. The molecule has 0 aromatic heterocycles. The molecule has 25 heavy (non-hydrogen) atoms. The highest BCUT2D eigenvalue weighted by molar-refractivity contribution is 7.90. The highest BCUT2D eigenvalue weighted by Gasteiger charge is 2.40. The molecule has 137 valence electrons. The number of sulfone groups is 1. The molecule has 1 unspecified atom stereocenters. The van der Waals surface area contributed by atoms with Crippen molar-refractivity contribution in [2.75, 3.05) is 12.9 Å². The van der Waals surface area contributed by atoms with Gasteiger partial charge < -0.3 is 10.2 Å². The topological polar surface area (TPSA) is 119 Å². The minimum atomic E-state index is -4.29. The monoisotopic (exact) mass is 428 g/mol. The van der Waals surface area contributed by atoms with Crippen molar-refractivity contribution in [1.29, 1.82) is 0 Å². The minimum Gasteiger partial charge on any atom is -0.346 e. The number of nitrogens with one attached hydrogen (secondary N) is 1. The average molecular weight is 429 g/mol. The first-order chi connectivity index (χ1) is 11.0. The molecule has 1 saturated heterocycles. The van der Waals surface area contributed by atoms with Crippen LogP contribution in [0.2, 0.25) is 0 Å². The Morgan fingerprint density at radius 1 is 1.36 bits per heavy atom. The van der Waals surface area contributed by atoms with Gasteiger partial charge in [0.1, 0.15) is 6.10 Å². The smallest absolute Gasteiger partial charge is 0.346 e. The summed E-state index contributed by atoms with van der Waals surface area (Å²) in [6.07, 6.45) is 0.0122. The molecule has 0 aliphatic carbocycles. The molecule has 8 nitrogen and oxygen atoms in total. The summed E-state index contributed by atoms with van der Waals surface area (Å²) in [6, 6.07) is 4.66. The van der Waals surface area contributed by atoms with E-state index in [1.54, 1.807) is 0 Å². The molecule has 0 bridgehead atoms. The first-order valence-electron chi connectivity index (χ1n) is 6.54. The molecule has 3 radical (unpaired) electrons. The summed E-state index contributed by atoms with van der Waals surface area (Å²) in [5, 5.41) is 2.45. The SMILES string of the molecule is CS(=O)(=O)c1ccc([C@H]2OP(=O)(O)OC[C@H]2NC(=O)C(Cl)Cl)cc1.[B]. The van der Waals surface area contributed by atoms with Crippen LogP contribution in [0.5, 0.6) is 0 Å². The van der Waals surface area contributed by atoms with Crippen LogP contribution in [0.3, 0.4) is 0 Å². The number of carbonyl (C=O) groups is 1. The Hall–Kier alpha value is -0.605. The molecule has 1 heterocycles. The van der Waals surface area contributed by atoms with Crippen molar-refractivity contribution < 1.29 is 31.7 Å². The van der Waals surface area contributed by atoms with Gasteiger partial charge in [-0.25, -0.2) is 13.0 Å². The van der Waals surface area contributed by atoms with Gasteiger partial charge in [-0.2, -0.15) is 0 Å². The molecule has 0 spiro atoms. The van der Waals surface area contributed by atoms with Crippen LogP contribution >= 0.6 is 31.0 Å². The van der Waals surface area contributed by atoms with Crippen LogP contribution in [-0.2, 0) is 28.2 Å². The molecule has 3 atom stereocenters. The number of amides is 1. The van der Waals surface area contributed by atoms with E-state index in [1.807, 2.05) is 0 Å². The molecule has 1 aliphatic rings. The van der Waals surface area contributed by atoms with Crippen LogP contribution in [0, 0.1) is 0 Å². The van der Waals surface area contributed by atoms with Gasteiger partial charge in [-0.15, -0.1) is 0 Å². The number of hydrogen-bond donors (Lipinski definition) is 2. The van der Waals surface area contributed by atoms with Crippen LogP contribution in [-0.4, -0.2) is 51.4 Å². The van der Waals surface area contributed by atoms with E-state index in [0.29, 0.717) is 5.56 Å². The fraction of sp³-hybridized carbons (Fsp3) is 0.417. The van der Waals surface area contributed by atoms with Crippen molar-refractivity contribution in [2.45, 2.75) is 21.9 Å². The summed E-state index contributed by atoms with van der Waals surface area (Å²) < 4.78 is 44.3. The van der Waals surface area contributed by atoms with Gasteiger partial charge in [-0.3, -0.25) is 13.8 Å². The Bertz CT molecular complexity index is 774. The Kier molecular flexibility index (Phi) is 7.53. The highest BCUT2D eigenvalue weighted by Crippen LogP contribution is 2.52. The quantitative estimate of drug-likeness (QED) is 0.420. The molecule has 0 saturated carbocycles. The molecule has 1 amide bonds. The third kappa shape index (κ3) is 5.96. The summed E-state index contributed by atoms with van der Waals surface area (Å²) in [5.41, 5.74) is 0.381. The van der Waals surface area contributed by atoms with Crippen LogP contribution in [0.15, 0.2) is 29.2 Å². The zero-order valence-corrected chi connectivity index (χ0v) is 16.1. The number of phosphoric acid groups is 1. The lowest BCUT2D eigenvalue weighted by atomic mass is 10.0. The molecule has 13 heteroatoms. The van der Waals surface area contributed by atoms with Gasteiger partial charge in [0, 0.05) is 14.7 Å². The number of rotatable bonds is 4. The maximum absolute atomic E-state index is 11.7. The lowest BCUT2D eigenvalue weighted by Crippen LogP contribution is -2.46. The van der Waals surface area contributed by atoms with Crippen LogP contribution < -0.4 is 5.32 Å². The van der Waals surface area contributed by atoms with E-state index in [0.717, 1.165) is 6.26 Å². The van der Waals surface area contributed by atoms with Gasteiger partial charge in [-0.1, -0.05) is 35.3 Å².